The Morgan fingerprint density at radius 2 is 1.84 bits per heavy atom. The van der Waals surface area contributed by atoms with Gasteiger partial charge in [0.2, 0.25) is 5.91 Å². The molecule has 3 aromatic rings. The van der Waals surface area contributed by atoms with Gasteiger partial charge in [0.1, 0.15) is 11.6 Å². The molecule has 0 unspecified atom stereocenters. The van der Waals surface area contributed by atoms with Crippen molar-refractivity contribution in [3.05, 3.63) is 94.8 Å². The van der Waals surface area contributed by atoms with Gasteiger partial charge in [-0.25, -0.2) is 4.39 Å². The van der Waals surface area contributed by atoms with E-state index in [1.165, 1.54) is 12.1 Å². The highest BCUT2D eigenvalue weighted by atomic mass is 19.1. The molecule has 3 aromatic carbocycles. The summed E-state index contributed by atoms with van der Waals surface area (Å²) < 4.78 is 20.4. The van der Waals surface area contributed by atoms with E-state index in [2.05, 4.69) is 5.32 Å². The first kappa shape index (κ1) is 26.4. The van der Waals surface area contributed by atoms with Crippen LogP contribution < -0.4 is 10.1 Å². The van der Waals surface area contributed by atoms with Gasteiger partial charge in [-0.3, -0.25) is 9.59 Å². The van der Waals surface area contributed by atoms with Crippen molar-refractivity contribution in [2.24, 2.45) is 5.92 Å². The molecule has 0 radical (unpaired) electrons. The largest absolute Gasteiger partial charge is 0.481 e. The second kappa shape index (κ2) is 11.6. The third kappa shape index (κ3) is 6.37. The van der Waals surface area contributed by atoms with Gasteiger partial charge in [-0.05, 0) is 78.8 Å². The molecule has 2 atom stereocenters. The molecule has 1 aliphatic rings. The van der Waals surface area contributed by atoms with Crippen LogP contribution in [0.4, 0.5) is 10.1 Å². The molecule has 4 rings (SSSR count). The van der Waals surface area contributed by atoms with Crippen LogP contribution >= 0.6 is 0 Å². The van der Waals surface area contributed by atoms with Gasteiger partial charge in [-0.15, -0.1) is 0 Å². The minimum absolute atomic E-state index is 0.0464. The van der Waals surface area contributed by atoms with Gasteiger partial charge in [0.25, 0.3) is 5.91 Å². The molecule has 5 nitrogen and oxygen atoms in total. The summed E-state index contributed by atoms with van der Waals surface area (Å²) in [5.74, 6) is 0.245. The number of benzene rings is 3. The van der Waals surface area contributed by atoms with E-state index in [9.17, 15) is 14.0 Å². The van der Waals surface area contributed by atoms with Crippen molar-refractivity contribution in [1.29, 1.82) is 0 Å². The summed E-state index contributed by atoms with van der Waals surface area (Å²) in [5, 5.41) is 2.93. The number of hydrogen-bond acceptors (Lipinski definition) is 3. The summed E-state index contributed by atoms with van der Waals surface area (Å²) in [6.45, 7) is 8.50. The molecule has 194 valence electrons. The number of aryl methyl sites for hydroxylation is 1. The predicted molar refractivity (Wildman–Crippen MR) is 144 cm³/mol. The lowest BCUT2D eigenvalue weighted by Gasteiger charge is -2.38. The Hall–Kier alpha value is -3.67. The van der Waals surface area contributed by atoms with Crippen molar-refractivity contribution >= 4 is 17.5 Å². The van der Waals surface area contributed by atoms with Gasteiger partial charge in [-0.1, -0.05) is 56.7 Å². The van der Waals surface area contributed by atoms with Crippen LogP contribution in [-0.4, -0.2) is 29.4 Å². The number of nitrogens with one attached hydrogen (secondary N) is 1. The predicted octanol–water partition coefficient (Wildman–Crippen LogP) is 6.45. The average molecular weight is 503 g/mol. The lowest BCUT2D eigenvalue weighted by Crippen LogP contribution is -2.41. The third-order valence-corrected chi connectivity index (χ3v) is 6.67. The third-order valence-electron chi connectivity index (χ3n) is 6.67. The number of anilines is 1. The fourth-order valence-corrected chi connectivity index (χ4v) is 4.78. The fraction of sp³-hybridized carbons (Fsp3) is 0.355. The average Bonchev–Trinajstić information content (AvgIpc) is 2.87. The van der Waals surface area contributed by atoms with E-state index < -0.39 is 12.1 Å². The Morgan fingerprint density at radius 1 is 1.08 bits per heavy atom. The van der Waals surface area contributed by atoms with E-state index >= 15 is 0 Å². The van der Waals surface area contributed by atoms with E-state index in [0.717, 1.165) is 22.3 Å². The smallest absolute Gasteiger partial charge is 0.265 e. The first-order chi connectivity index (χ1) is 17.7. The second-order valence-electron chi connectivity index (χ2n) is 10.1. The first-order valence-electron chi connectivity index (χ1n) is 13.0. The number of rotatable bonds is 8. The van der Waals surface area contributed by atoms with E-state index in [0.29, 0.717) is 37.2 Å². The van der Waals surface area contributed by atoms with Crippen molar-refractivity contribution in [3.63, 3.8) is 0 Å². The molecular weight excluding hydrogens is 467 g/mol. The maximum absolute atomic E-state index is 14.3. The van der Waals surface area contributed by atoms with E-state index in [4.69, 9.17) is 4.74 Å². The van der Waals surface area contributed by atoms with Gasteiger partial charge in [0.05, 0.1) is 6.04 Å². The molecule has 1 N–H and O–H groups in total. The number of hydrogen-bond donors (Lipinski definition) is 1. The highest BCUT2D eigenvalue weighted by Crippen LogP contribution is 2.38. The molecule has 37 heavy (non-hydrogen) atoms. The van der Waals surface area contributed by atoms with E-state index in [1.54, 1.807) is 6.07 Å². The van der Waals surface area contributed by atoms with Crippen LogP contribution in [-0.2, 0) is 16.0 Å². The Kier molecular flexibility index (Phi) is 8.27. The molecule has 0 bridgehead atoms. The lowest BCUT2D eigenvalue weighted by atomic mass is 9.87. The van der Waals surface area contributed by atoms with Crippen LogP contribution in [0.2, 0.25) is 0 Å². The molecule has 1 aliphatic heterocycles. The number of carbonyl (C=O) groups excluding carboxylic acids is 2. The highest BCUT2D eigenvalue weighted by Gasteiger charge is 2.33. The fourth-order valence-electron chi connectivity index (χ4n) is 4.78. The normalized spacial score (nSPS) is 15.7. The molecule has 1 heterocycles. The lowest BCUT2D eigenvalue weighted by molar-refractivity contribution is -0.134. The zero-order chi connectivity index (χ0) is 26.5. The van der Waals surface area contributed by atoms with E-state index in [-0.39, 0.29) is 23.5 Å². The van der Waals surface area contributed by atoms with Crippen LogP contribution in [0.5, 0.6) is 5.75 Å². The number of nitrogens with zero attached hydrogens (tertiary/aromatic N) is 1. The zero-order valence-electron chi connectivity index (χ0n) is 22.0. The minimum atomic E-state index is -0.686. The summed E-state index contributed by atoms with van der Waals surface area (Å²) in [7, 11) is 0. The van der Waals surface area contributed by atoms with Crippen molar-refractivity contribution in [2.45, 2.75) is 59.1 Å². The van der Waals surface area contributed by atoms with Crippen molar-refractivity contribution in [3.8, 4) is 5.75 Å². The Morgan fingerprint density at radius 3 is 2.51 bits per heavy atom. The molecule has 0 saturated carbocycles. The molecule has 0 aliphatic carbocycles. The number of halogens is 1. The second-order valence-corrected chi connectivity index (χ2v) is 10.1. The zero-order valence-corrected chi connectivity index (χ0v) is 22.0. The maximum Gasteiger partial charge on any atom is 0.265 e. The van der Waals surface area contributed by atoms with Crippen molar-refractivity contribution in [1.82, 2.24) is 4.90 Å². The highest BCUT2D eigenvalue weighted by molar-refractivity contribution is 5.94. The minimum Gasteiger partial charge on any atom is -0.481 e. The van der Waals surface area contributed by atoms with Crippen molar-refractivity contribution < 1.29 is 18.7 Å². The van der Waals surface area contributed by atoms with Gasteiger partial charge < -0.3 is 15.0 Å². The van der Waals surface area contributed by atoms with Gasteiger partial charge in [0, 0.05) is 18.7 Å². The topological polar surface area (TPSA) is 58.6 Å². The standard InChI is InChI=1S/C31H35FN2O3/c1-5-28(31(36)33-25-12-9-21(4)10-13-25)37-26-14-11-22-15-16-34(29(35)17-20(2)3)30(27(22)19-26)23-7-6-8-24(32)18-23/h6-14,18-20,28,30H,5,15-17H2,1-4H3,(H,33,36)/t28-,30+/m1/s1. The van der Waals surface area contributed by atoms with Crippen LogP contribution in [0.15, 0.2) is 66.7 Å². The number of carbonyl (C=O) groups is 2. The Balaban J connectivity index is 1.63. The summed E-state index contributed by atoms with van der Waals surface area (Å²) in [6, 6.07) is 19.4. The van der Waals surface area contributed by atoms with Crippen LogP contribution in [0.3, 0.4) is 0 Å². The molecule has 0 fully saturated rings. The number of fused-ring (bicyclic) bond motifs is 1. The molecular formula is C31H35FN2O3. The van der Waals surface area contributed by atoms with Crippen LogP contribution in [0.25, 0.3) is 0 Å². The number of amides is 2. The maximum atomic E-state index is 14.3. The monoisotopic (exact) mass is 502 g/mol. The molecule has 6 heteroatoms. The van der Waals surface area contributed by atoms with Crippen LogP contribution in [0, 0.1) is 18.7 Å². The Bertz CT molecular complexity index is 1260. The van der Waals surface area contributed by atoms with Gasteiger partial charge in [-0.2, -0.15) is 0 Å². The van der Waals surface area contributed by atoms with Crippen LogP contribution in [0.1, 0.15) is 61.9 Å². The quantitative estimate of drug-likeness (QED) is 0.385. The van der Waals surface area contributed by atoms with E-state index in [1.807, 2.05) is 81.1 Å². The number of ether oxygens (including phenoxy) is 1. The first-order valence-corrected chi connectivity index (χ1v) is 13.0. The SMILES string of the molecule is CC[C@@H](Oc1ccc2c(c1)[C@H](c1cccc(F)c1)N(C(=O)CC(C)C)CC2)C(=O)Nc1ccc(C)cc1. The Labute approximate surface area is 218 Å². The van der Waals surface area contributed by atoms with Gasteiger partial charge in [0.15, 0.2) is 6.10 Å². The summed E-state index contributed by atoms with van der Waals surface area (Å²) in [5.41, 5.74) is 4.55. The molecule has 0 saturated heterocycles. The van der Waals surface area contributed by atoms with Crippen molar-refractivity contribution in [2.75, 3.05) is 11.9 Å². The molecule has 0 spiro atoms. The van der Waals surface area contributed by atoms with Gasteiger partial charge >= 0.3 is 0 Å². The molecule has 0 aromatic heterocycles. The summed E-state index contributed by atoms with van der Waals surface area (Å²) >= 11 is 0. The summed E-state index contributed by atoms with van der Waals surface area (Å²) in [6.07, 6.45) is 0.931. The molecule has 2 amide bonds. The summed E-state index contributed by atoms with van der Waals surface area (Å²) in [4.78, 5) is 28.0.